The Labute approximate surface area is 288 Å². The van der Waals surface area contributed by atoms with Crippen LogP contribution in [0.3, 0.4) is 0 Å². The Morgan fingerprint density at radius 2 is 1.32 bits per heavy atom. The number of nitrogens with zero attached hydrogens (tertiary/aromatic N) is 1. The van der Waals surface area contributed by atoms with Gasteiger partial charge in [-0.05, 0) is 146 Å². The van der Waals surface area contributed by atoms with Crippen molar-refractivity contribution in [1.29, 1.82) is 0 Å². The molecular weight excluding hydrogens is 598 g/mol. The second-order valence-corrected chi connectivity index (χ2v) is 15.2. The van der Waals surface area contributed by atoms with Crippen molar-refractivity contribution in [3.05, 3.63) is 104 Å². The molecule has 2 fully saturated rings. The lowest BCUT2D eigenvalue weighted by molar-refractivity contribution is 0.344. The Morgan fingerprint density at radius 3 is 1.98 bits per heavy atom. The summed E-state index contributed by atoms with van der Waals surface area (Å²) in [5, 5.41) is 0.947. The summed E-state index contributed by atoms with van der Waals surface area (Å²) < 4.78 is 11.5. The predicted octanol–water partition coefficient (Wildman–Crippen LogP) is 11.7. The minimum Gasteiger partial charge on any atom is -0.497 e. The Balaban J connectivity index is 1.25. The van der Waals surface area contributed by atoms with Gasteiger partial charge in [0.2, 0.25) is 0 Å². The first-order valence-corrected chi connectivity index (χ1v) is 18.4. The van der Waals surface area contributed by atoms with Gasteiger partial charge < -0.3 is 14.4 Å². The van der Waals surface area contributed by atoms with Crippen LogP contribution in [0.2, 0.25) is 0 Å². The molecule has 0 aromatic heterocycles. The summed E-state index contributed by atoms with van der Waals surface area (Å²) >= 11 is 7.32. The number of rotatable bonds is 5. The monoisotopic (exact) mass is 649 g/mol. The highest BCUT2D eigenvalue weighted by molar-refractivity contribution is 6.32. The second kappa shape index (κ2) is 12.7. The van der Waals surface area contributed by atoms with E-state index in [4.69, 9.17) is 21.1 Å². The molecule has 0 bridgehead atoms. The molecule has 0 unspecified atom stereocenters. The number of fused-ring (bicyclic) bond motifs is 4. The number of aryl methyl sites for hydroxylation is 2. The highest BCUT2D eigenvalue weighted by Gasteiger charge is 2.47. The molecule has 47 heavy (non-hydrogen) atoms. The molecule has 0 atom stereocenters. The molecule has 2 aromatic rings. The number of halogens is 1. The third kappa shape index (κ3) is 5.23. The first kappa shape index (κ1) is 32.4. The highest BCUT2D eigenvalue weighted by Crippen LogP contribution is 2.58. The van der Waals surface area contributed by atoms with Crippen LogP contribution in [0.15, 0.2) is 76.0 Å². The van der Waals surface area contributed by atoms with Crippen molar-refractivity contribution in [2.45, 2.75) is 115 Å². The Bertz CT molecular complexity index is 1740. The van der Waals surface area contributed by atoms with Crippen LogP contribution in [0.5, 0.6) is 11.5 Å². The van der Waals surface area contributed by atoms with Gasteiger partial charge in [-0.25, -0.2) is 0 Å². The van der Waals surface area contributed by atoms with Gasteiger partial charge in [0.1, 0.15) is 11.5 Å². The number of ether oxygens (including phenoxy) is 2. The van der Waals surface area contributed by atoms with Crippen molar-refractivity contribution in [1.82, 2.24) is 0 Å². The number of hydrogen-bond acceptors (Lipinski definition) is 3. The predicted molar refractivity (Wildman–Crippen MR) is 198 cm³/mol. The molecule has 1 aliphatic heterocycles. The molecule has 4 heteroatoms. The summed E-state index contributed by atoms with van der Waals surface area (Å²) in [5.74, 6) is 1.94. The van der Waals surface area contributed by atoms with E-state index < -0.39 is 0 Å². The van der Waals surface area contributed by atoms with Crippen molar-refractivity contribution < 1.29 is 9.47 Å². The van der Waals surface area contributed by atoms with E-state index in [-0.39, 0.29) is 10.8 Å². The van der Waals surface area contributed by atoms with Gasteiger partial charge in [0.15, 0.2) is 0 Å². The lowest BCUT2D eigenvalue weighted by Crippen LogP contribution is -2.31. The topological polar surface area (TPSA) is 21.7 Å². The van der Waals surface area contributed by atoms with E-state index in [1.54, 1.807) is 14.2 Å². The minimum atomic E-state index is 0.0445. The number of likely N-dealkylation sites (N-methyl/N-ethyl adjacent to an activating group) is 1. The molecule has 2 spiro atoms. The normalized spacial score (nSPS) is 23.5. The fourth-order valence-electron chi connectivity index (χ4n) is 10.1. The molecule has 3 nitrogen and oxygen atoms in total. The summed E-state index contributed by atoms with van der Waals surface area (Å²) in [5.41, 5.74) is 15.3. The average molecular weight is 650 g/mol. The van der Waals surface area contributed by atoms with Gasteiger partial charge in [-0.1, -0.05) is 68.4 Å². The van der Waals surface area contributed by atoms with E-state index in [1.807, 2.05) is 0 Å². The summed E-state index contributed by atoms with van der Waals surface area (Å²) in [4.78, 5) is 2.46. The summed E-state index contributed by atoms with van der Waals surface area (Å²) in [7, 11) is 5.83. The minimum absolute atomic E-state index is 0.0445. The largest absolute Gasteiger partial charge is 0.497 e. The van der Waals surface area contributed by atoms with Crippen LogP contribution in [-0.2, 0) is 10.8 Å². The van der Waals surface area contributed by atoms with E-state index in [0.717, 1.165) is 35.8 Å². The van der Waals surface area contributed by atoms with Gasteiger partial charge in [0, 0.05) is 34.3 Å². The zero-order valence-electron chi connectivity index (χ0n) is 29.5. The fourth-order valence-corrected chi connectivity index (χ4v) is 10.5. The van der Waals surface area contributed by atoms with Gasteiger partial charge in [-0.2, -0.15) is 0 Å². The van der Waals surface area contributed by atoms with Crippen LogP contribution < -0.4 is 14.4 Å². The molecule has 0 amide bonds. The summed E-state index contributed by atoms with van der Waals surface area (Å²) in [6.07, 6.45) is 25.3. The lowest BCUT2D eigenvalue weighted by Gasteiger charge is -2.37. The first-order valence-electron chi connectivity index (χ1n) is 18.1. The number of anilines is 1. The van der Waals surface area contributed by atoms with Gasteiger partial charge in [0.05, 0.1) is 14.2 Å². The SMILES string of the molecule is COc1cc(C)c2c(c1)C1(CCCCC1)C(/C=C/C1=C(Cl)C(=C/C=C3\N(C)c4c(C)cc(OC)cc4C34CCCCC4)CCC1)=C2C. The van der Waals surface area contributed by atoms with E-state index in [2.05, 4.69) is 81.3 Å². The van der Waals surface area contributed by atoms with Gasteiger partial charge in [-0.3, -0.25) is 0 Å². The van der Waals surface area contributed by atoms with Crippen molar-refractivity contribution in [2.75, 3.05) is 26.2 Å². The van der Waals surface area contributed by atoms with Crippen LogP contribution in [-0.4, -0.2) is 21.3 Å². The highest BCUT2D eigenvalue weighted by atomic mass is 35.5. The number of allylic oxidation sites excluding steroid dienone is 10. The van der Waals surface area contributed by atoms with Crippen LogP contribution in [0.4, 0.5) is 5.69 Å². The number of methoxy groups -OCH3 is 2. The van der Waals surface area contributed by atoms with Crippen LogP contribution >= 0.6 is 11.6 Å². The maximum absolute atomic E-state index is 7.32. The van der Waals surface area contributed by atoms with Crippen LogP contribution in [0.1, 0.15) is 118 Å². The third-order valence-corrected chi connectivity index (χ3v) is 12.8. The maximum Gasteiger partial charge on any atom is 0.119 e. The molecule has 0 radical (unpaired) electrons. The van der Waals surface area contributed by atoms with Gasteiger partial charge in [-0.15, -0.1) is 0 Å². The van der Waals surface area contributed by atoms with E-state index in [1.165, 1.54) is 126 Å². The van der Waals surface area contributed by atoms with E-state index in [0.29, 0.717) is 0 Å². The van der Waals surface area contributed by atoms with Crippen molar-refractivity contribution in [3.63, 3.8) is 0 Å². The molecule has 2 aromatic carbocycles. The van der Waals surface area contributed by atoms with Crippen molar-refractivity contribution in [3.8, 4) is 11.5 Å². The smallest absolute Gasteiger partial charge is 0.119 e. The molecule has 248 valence electrons. The fraction of sp³-hybridized carbons (Fsp3) is 0.488. The average Bonchev–Trinajstić information content (AvgIpc) is 3.44. The molecule has 0 saturated heterocycles. The molecule has 7 rings (SSSR count). The number of hydrogen-bond donors (Lipinski definition) is 0. The molecule has 0 N–H and O–H groups in total. The third-order valence-electron chi connectivity index (χ3n) is 12.3. The Kier molecular flexibility index (Phi) is 8.75. The van der Waals surface area contributed by atoms with E-state index >= 15 is 0 Å². The lowest BCUT2D eigenvalue weighted by atomic mass is 9.66. The Morgan fingerprint density at radius 1 is 0.702 bits per heavy atom. The zero-order chi connectivity index (χ0) is 32.9. The molecule has 5 aliphatic rings. The summed E-state index contributed by atoms with van der Waals surface area (Å²) in [6.45, 7) is 6.81. The van der Waals surface area contributed by atoms with Gasteiger partial charge in [0.25, 0.3) is 0 Å². The van der Waals surface area contributed by atoms with Crippen LogP contribution in [0, 0.1) is 13.8 Å². The zero-order valence-corrected chi connectivity index (χ0v) is 30.2. The molecule has 4 aliphatic carbocycles. The van der Waals surface area contributed by atoms with Crippen LogP contribution in [0.25, 0.3) is 5.57 Å². The molecule has 1 heterocycles. The summed E-state index contributed by atoms with van der Waals surface area (Å²) in [6, 6.07) is 9.02. The van der Waals surface area contributed by atoms with Crippen molar-refractivity contribution >= 4 is 22.9 Å². The molecule has 2 saturated carbocycles. The van der Waals surface area contributed by atoms with Crippen molar-refractivity contribution in [2.24, 2.45) is 0 Å². The van der Waals surface area contributed by atoms with E-state index in [9.17, 15) is 0 Å². The molecular formula is C43H52ClNO2. The second-order valence-electron chi connectivity index (χ2n) is 14.9. The maximum atomic E-state index is 7.32. The van der Waals surface area contributed by atoms with Gasteiger partial charge >= 0.3 is 0 Å². The first-order chi connectivity index (χ1) is 22.7. The standard InChI is InChI=1S/C43H52ClNO2/c1-28-24-33(46-5)26-36-39(28)30(3)35(42(36)20-9-7-10-21-42)18-16-31-14-13-15-32(40(31)44)17-19-38-43(22-11-8-12-23-43)37-27-34(47-6)25-29(2)41(37)45(38)4/h16-19,24-27H,7-15,20-23H2,1-6H3/b18-16+,32-17?,38-19-. The quantitative estimate of drug-likeness (QED) is 0.322. The number of benzene rings is 2. The Hall–Kier alpha value is -3.17.